The molecule has 1 aliphatic carbocycles. The van der Waals surface area contributed by atoms with Crippen LogP contribution >= 0.6 is 0 Å². The Bertz CT molecular complexity index is 548. The number of ether oxygens (including phenoxy) is 1. The summed E-state index contributed by atoms with van der Waals surface area (Å²) in [6.07, 6.45) is 2.69. The number of likely N-dealkylation sites (N-methyl/N-ethyl adjacent to an activating group) is 1. The highest BCUT2D eigenvalue weighted by atomic mass is 16.5. The largest absolute Gasteiger partial charge is 0.379 e. The van der Waals surface area contributed by atoms with Gasteiger partial charge in [-0.25, -0.2) is 0 Å². The second kappa shape index (κ2) is 5.72. The molecule has 0 heterocycles. The molecule has 1 fully saturated rings. The maximum atomic E-state index is 5.81. The van der Waals surface area contributed by atoms with E-state index in [9.17, 15) is 0 Å². The second-order valence-electron chi connectivity index (χ2n) is 5.43. The lowest BCUT2D eigenvalue weighted by atomic mass is 10.0. The van der Waals surface area contributed by atoms with Gasteiger partial charge in [0.2, 0.25) is 0 Å². The third kappa shape index (κ3) is 3.14. The minimum absolute atomic E-state index is 0.281. The molecule has 1 aliphatic rings. The third-order valence-electron chi connectivity index (χ3n) is 3.86. The summed E-state index contributed by atoms with van der Waals surface area (Å²) in [4.78, 5) is 0. The van der Waals surface area contributed by atoms with Crippen molar-refractivity contribution in [1.29, 1.82) is 0 Å². The maximum Gasteiger partial charge on any atom is 0.0661 e. The zero-order valence-corrected chi connectivity index (χ0v) is 11.4. The van der Waals surface area contributed by atoms with Crippen molar-refractivity contribution in [2.24, 2.45) is 5.92 Å². The third-order valence-corrected chi connectivity index (χ3v) is 3.86. The first-order valence-corrected chi connectivity index (χ1v) is 7.10. The van der Waals surface area contributed by atoms with Crippen molar-refractivity contribution in [3.05, 3.63) is 48.0 Å². The topological polar surface area (TPSA) is 21.3 Å². The number of benzene rings is 2. The van der Waals surface area contributed by atoms with Crippen molar-refractivity contribution in [2.45, 2.75) is 18.9 Å². The molecule has 0 amide bonds. The zero-order valence-electron chi connectivity index (χ0n) is 11.4. The highest BCUT2D eigenvalue weighted by Crippen LogP contribution is 2.29. The Morgan fingerprint density at radius 2 is 1.95 bits per heavy atom. The van der Waals surface area contributed by atoms with Gasteiger partial charge in [-0.3, -0.25) is 0 Å². The van der Waals surface area contributed by atoms with Gasteiger partial charge in [0, 0.05) is 6.61 Å². The molecule has 1 N–H and O–H groups in total. The van der Waals surface area contributed by atoms with Gasteiger partial charge >= 0.3 is 0 Å². The zero-order chi connectivity index (χ0) is 13.1. The van der Waals surface area contributed by atoms with Crippen LogP contribution in [0.5, 0.6) is 0 Å². The summed E-state index contributed by atoms with van der Waals surface area (Å²) in [5, 5.41) is 5.94. The smallest absolute Gasteiger partial charge is 0.0661 e. The molecule has 1 saturated carbocycles. The van der Waals surface area contributed by atoms with E-state index in [0.29, 0.717) is 0 Å². The number of hydrogen-bond donors (Lipinski definition) is 1. The van der Waals surface area contributed by atoms with Gasteiger partial charge in [-0.05, 0) is 48.2 Å². The van der Waals surface area contributed by atoms with Crippen molar-refractivity contribution in [3.8, 4) is 0 Å². The average molecular weight is 255 g/mol. The summed E-state index contributed by atoms with van der Waals surface area (Å²) in [5.74, 6) is 0.828. The fourth-order valence-corrected chi connectivity index (χ4v) is 2.41. The number of fused-ring (bicyclic) bond motifs is 1. The van der Waals surface area contributed by atoms with Gasteiger partial charge in [-0.2, -0.15) is 0 Å². The molecule has 2 aromatic rings. The fraction of sp³-hybridized carbons (Fsp3) is 0.412. The SMILES string of the molecule is CNC(COCC1CC1)c1ccc2ccccc2c1. The molecule has 3 rings (SSSR count). The second-order valence-corrected chi connectivity index (χ2v) is 5.43. The monoisotopic (exact) mass is 255 g/mol. The Morgan fingerprint density at radius 3 is 2.68 bits per heavy atom. The van der Waals surface area contributed by atoms with Gasteiger partial charge in [0.05, 0.1) is 12.6 Å². The molecule has 1 unspecified atom stereocenters. The average Bonchev–Trinajstić information content (AvgIpc) is 3.27. The minimum atomic E-state index is 0.281. The van der Waals surface area contributed by atoms with E-state index in [2.05, 4.69) is 47.8 Å². The molecule has 0 bridgehead atoms. The van der Waals surface area contributed by atoms with Crippen LogP contribution < -0.4 is 5.32 Å². The molecule has 2 nitrogen and oxygen atoms in total. The van der Waals surface area contributed by atoms with Crippen molar-refractivity contribution in [1.82, 2.24) is 5.32 Å². The Kier molecular flexibility index (Phi) is 3.81. The molecule has 0 spiro atoms. The van der Waals surface area contributed by atoms with E-state index in [4.69, 9.17) is 4.74 Å². The predicted molar refractivity (Wildman–Crippen MR) is 79.3 cm³/mol. The van der Waals surface area contributed by atoms with Gasteiger partial charge in [-0.15, -0.1) is 0 Å². The molecule has 0 aliphatic heterocycles. The van der Waals surface area contributed by atoms with Crippen LogP contribution in [-0.2, 0) is 4.74 Å². The van der Waals surface area contributed by atoms with Gasteiger partial charge < -0.3 is 10.1 Å². The van der Waals surface area contributed by atoms with E-state index in [1.807, 2.05) is 7.05 Å². The lowest BCUT2D eigenvalue weighted by Crippen LogP contribution is -2.22. The first-order chi connectivity index (χ1) is 9.36. The van der Waals surface area contributed by atoms with Gasteiger partial charge in [0.15, 0.2) is 0 Å². The minimum Gasteiger partial charge on any atom is -0.379 e. The van der Waals surface area contributed by atoms with Gasteiger partial charge in [0.25, 0.3) is 0 Å². The van der Waals surface area contributed by atoms with Crippen LogP contribution in [0.1, 0.15) is 24.4 Å². The number of nitrogens with one attached hydrogen (secondary N) is 1. The standard InChI is InChI=1S/C17H21NO/c1-18-17(12-19-11-13-6-7-13)16-9-8-14-4-2-3-5-15(14)10-16/h2-5,8-10,13,17-18H,6-7,11-12H2,1H3. The summed E-state index contributed by atoms with van der Waals surface area (Å²) < 4.78 is 5.81. The van der Waals surface area contributed by atoms with Crippen molar-refractivity contribution < 1.29 is 4.74 Å². The Hall–Kier alpha value is -1.38. The van der Waals surface area contributed by atoms with Crippen LogP contribution in [0, 0.1) is 5.92 Å². The molecule has 2 aromatic carbocycles. The molecule has 100 valence electrons. The molecule has 0 aromatic heterocycles. The lowest BCUT2D eigenvalue weighted by molar-refractivity contribution is 0.105. The highest BCUT2D eigenvalue weighted by Gasteiger charge is 2.21. The summed E-state index contributed by atoms with van der Waals surface area (Å²) >= 11 is 0. The summed E-state index contributed by atoms with van der Waals surface area (Å²) in [6, 6.07) is 15.4. The Morgan fingerprint density at radius 1 is 1.16 bits per heavy atom. The Balaban J connectivity index is 1.71. The molecular weight excluding hydrogens is 234 g/mol. The van der Waals surface area contributed by atoms with Crippen LogP contribution in [0.25, 0.3) is 10.8 Å². The van der Waals surface area contributed by atoms with E-state index < -0.39 is 0 Å². The van der Waals surface area contributed by atoms with E-state index in [1.165, 1.54) is 29.2 Å². The van der Waals surface area contributed by atoms with Crippen LogP contribution in [-0.4, -0.2) is 20.3 Å². The van der Waals surface area contributed by atoms with E-state index in [-0.39, 0.29) is 6.04 Å². The van der Waals surface area contributed by atoms with Crippen LogP contribution in [0.4, 0.5) is 0 Å². The molecule has 0 saturated heterocycles. The van der Waals surface area contributed by atoms with E-state index >= 15 is 0 Å². The summed E-state index contributed by atoms with van der Waals surface area (Å²) in [5.41, 5.74) is 1.30. The Labute approximate surface area is 114 Å². The van der Waals surface area contributed by atoms with Crippen molar-refractivity contribution in [2.75, 3.05) is 20.3 Å². The van der Waals surface area contributed by atoms with Crippen LogP contribution in [0.3, 0.4) is 0 Å². The quantitative estimate of drug-likeness (QED) is 0.852. The lowest BCUT2D eigenvalue weighted by Gasteiger charge is -2.17. The molecule has 0 radical (unpaired) electrons. The molecule has 19 heavy (non-hydrogen) atoms. The molecular formula is C17H21NO. The van der Waals surface area contributed by atoms with E-state index in [1.54, 1.807) is 0 Å². The van der Waals surface area contributed by atoms with Crippen molar-refractivity contribution >= 4 is 10.8 Å². The predicted octanol–water partition coefficient (Wildman–Crippen LogP) is 3.53. The molecule has 1 atom stereocenters. The first-order valence-electron chi connectivity index (χ1n) is 7.10. The number of rotatable bonds is 6. The fourth-order valence-electron chi connectivity index (χ4n) is 2.41. The van der Waals surface area contributed by atoms with Crippen LogP contribution in [0.15, 0.2) is 42.5 Å². The van der Waals surface area contributed by atoms with E-state index in [0.717, 1.165) is 19.1 Å². The highest BCUT2D eigenvalue weighted by molar-refractivity contribution is 5.83. The number of hydrogen-bond acceptors (Lipinski definition) is 2. The first kappa shape index (κ1) is 12.6. The maximum absolute atomic E-state index is 5.81. The van der Waals surface area contributed by atoms with Gasteiger partial charge in [-0.1, -0.05) is 36.4 Å². The van der Waals surface area contributed by atoms with Crippen LogP contribution in [0.2, 0.25) is 0 Å². The molecule has 2 heteroatoms. The van der Waals surface area contributed by atoms with Crippen molar-refractivity contribution in [3.63, 3.8) is 0 Å². The van der Waals surface area contributed by atoms with Gasteiger partial charge in [0.1, 0.15) is 0 Å². The normalized spacial score (nSPS) is 16.7. The summed E-state index contributed by atoms with van der Waals surface area (Å²) in [7, 11) is 2.00. The summed E-state index contributed by atoms with van der Waals surface area (Å²) in [6.45, 7) is 1.68.